The molecule has 0 bridgehead atoms. The number of carbonyl (C=O) groups excluding carboxylic acids is 1. The monoisotopic (exact) mass is 461 g/mol. The van der Waals surface area contributed by atoms with E-state index in [1.165, 1.54) is 11.8 Å². The molecule has 1 N–H and O–H groups in total. The molecular weight excluding hydrogens is 442 g/mol. The minimum absolute atomic E-state index is 0.0863. The summed E-state index contributed by atoms with van der Waals surface area (Å²) in [5.74, 6) is 0.0997. The third kappa shape index (κ3) is 5.05. The summed E-state index contributed by atoms with van der Waals surface area (Å²) >= 11 is 4.49. The molecule has 0 aliphatic carbocycles. The van der Waals surface area contributed by atoms with Gasteiger partial charge in [-0.1, -0.05) is 54.2 Å². The zero-order valence-electron chi connectivity index (χ0n) is 16.7. The predicted molar refractivity (Wildman–Crippen MR) is 129 cm³/mol. The van der Waals surface area contributed by atoms with E-state index in [0.717, 1.165) is 26.6 Å². The number of thiophene rings is 2. The molecule has 0 aliphatic rings. The zero-order chi connectivity index (χ0) is 21.6. The minimum atomic E-state index is -0.0914. The molecule has 3 heterocycles. The maximum Gasteiger partial charge on any atom is 0.230 e. The molecule has 3 aromatic heterocycles. The van der Waals surface area contributed by atoms with Crippen molar-refractivity contribution in [3.05, 3.63) is 82.6 Å². The van der Waals surface area contributed by atoms with Crippen molar-refractivity contribution in [2.45, 2.75) is 18.0 Å². The largest absolute Gasteiger partial charge is 0.349 e. The Hall–Kier alpha value is -2.92. The molecule has 1 unspecified atom stereocenters. The van der Waals surface area contributed by atoms with Crippen molar-refractivity contribution in [3.63, 3.8) is 0 Å². The number of pyridine rings is 1. The van der Waals surface area contributed by atoms with Crippen LogP contribution in [0.1, 0.15) is 24.1 Å². The van der Waals surface area contributed by atoms with Gasteiger partial charge in [-0.2, -0.15) is 5.26 Å². The van der Waals surface area contributed by atoms with Crippen molar-refractivity contribution < 1.29 is 4.79 Å². The highest BCUT2D eigenvalue weighted by molar-refractivity contribution is 8.00. The molecule has 31 heavy (non-hydrogen) atoms. The van der Waals surface area contributed by atoms with Gasteiger partial charge in [0.1, 0.15) is 11.1 Å². The molecule has 0 saturated heterocycles. The molecule has 7 heteroatoms. The quantitative estimate of drug-likeness (QED) is 0.324. The Balaban J connectivity index is 1.58. The highest BCUT2D eigenvalue weighted by Crippen LogP contribution is 2.37. The van der Waals surface area contributed by atoms with Crippen molar-refractivity contribution >= 4 is 40.3 Å². The lowest BCUT2D eigenvalue weighted by Crippen LogP contribution is -2.28. The molecule has 1 atom stereocenters. The zero-order valence-corrected chi connectivity index (χ0v) is 19.2. The van der Waals surface area contributed by atoms with Gasteiger partial charge in [0.05, 0.1) is 27.9 Å². The van der Waals surface area contributed by atoms with Crippen LogP contribution in [0.5, 0.6) is 0 Å². The lowest BCUT2D eigenvalue weighted by molar-refractivity contribution is -0.119. The van der Waals surface area contributed by atoms with Gasteiger partial charge in [0, 0.05) is 10.4 Å². The standard InChI is InChI=1S/C24H19N3OS3/c1-16(17-7-3-2-4-8-17)26-23(28)15-31-24-19(14-25)18(21-9-5-11-29-21)13-20(27-24)22-10-6-12-30-22/h2-13,16H,15H2,1H3,(H,26,28). The fourth-order valence-electron chi connectivity index (χ4n) is 3.15. The molecule has 0 radical (unpaired) electrons. The van der Waals surface area contributed by atoms with Crippen molar-refractivity contribution in [1.82, 2.24) is 10.3 Å². The van der Waals surface area contributed by atoms with Crippen molar-refractivity contribution in [2.75, 3.05) is 5.75 Å². The van der Waals surface area contributed by atoms with E-state index in [-0.39, 0.29) is 17.7 Å². The molecular formula is C24H19N3OS3. The molecule has 4 aromatic rings. The molecule has 0 fully saturated rings. The fourth-order valence-corrected chi connectivity index (χ4v) is 5.40. The van der Waals surface area contributed by atoms with Crippen LogP contribution >= 0.6 is 34.4 Å². The van der Waals surface area contributed by atoms with Gasteiger partial charge in [-0.05, 0) is 41.4 Å². The number of nitrogens with one attached hydrogen (secondary N) is 1. The van der Waals surface area contributed by atoms with Crippen LogP contribution in [-0.2, 0) is 4.79 Å². The lowest BCUT2D eigenvalue weighted by atomic mass is 10.1. The van der Waals surface area contributed by atoms with Gasteiger partial charge >= 0.3 is 0 Å². The first kappa shape index (κ1) is 21.3. The van der Waals surface area contributed by atoms with E-state index in [2.05, 4.69) is 11.4 Å². The summed E-state index contributed by atoms with van der Waals surface area (Å²) in [6.45, 7) is 1.96. The normalized spacial score (nSPS) is 11.6. The molecule has 0 spiro atoms. The summed E-state index contributed by atoms with van der Waals surface area (Å²) in [6, 6.07) is 22.0. The smallest absolute Gasteiger partial charge is 0.230 e. The van der Waals surface area contributed by atoms with Crippen LogP contribution < -0.4 is 5.32 Å². The number of aromatic nitrogens is 1. The van der Waals surface area contributed by atoms with Crippen molar-refractivity contribution in [1.29, 1.82) is 5.26 Å². The SMILES string of the molecule is CC(NC(=O)CSc1nc(-c2cccs2)cc(-c2cccs2)c1C#N)c1ccccc1. The number of nitriles is 1. The van der Waals surface area contributed by atoms with Gasteiger partial charge in [0.25, 0.3) is 0 Å². The Morgan fingerprint density at radius 2 is 1.81 bits per heavy atom. The number of amides is 1. The van der Waals surface area contributed by atoms with Crippen LogP contribution in [0.15, 0.2) is 76.4 Å². The highest BCUT2D eigenvalue weighted by Gasteiger charge is 2.18. The summed E-state index contributed by atoms with van der Waals surface area (Å²) in [5.41, 5.74) is 3.24. The molecule has 154 valence electrons. The Morgan fingerprint density at radius 1 is 1.10 bits per heavy atom. The van der Waals surface area contributed by atoms with E-state index in [1.807, 2.05) is 78.3 Å². The molecule has 0 saturated carbocycles. The van der Waals surface area contributed by atoms with Gasteiger partial charge < -0.3 is 5.32 Å². The van der Waals surface area contributed by atoms with Gasteiger partial charge in [0.2, 0.25) is 5.91 Å². The number of thioether (sulfide) groups is 1. The Morgan fingerprint density at radius 3 is 2.45 bits per heavy atom. The van der Waals surface area contributed by atoms with Crippen LogP contribution in [0, 0.1) is 11.3 Å². The topological polar surface area (TPSA) is 65.8 Å². The minimum Gasteiger partial charge on any atom is -0.349 e. The van der Waals surface area contributed by atoms with Crippen LogP contribution in [0.25, 0.3) is 21.0 Å². The van der Waals surface area contributed by atoms with Crippen LogP contribution in [-0.4, -0.2) is 16.6 Å². The first-order chi connectivity index (χ1) is 15.2. The summed E-state index contributed by atoms with van der Waals surface area (Å²) in [6.07, 6.45) is 0. The Kier molecular flexibility index (Phi) is 6.82. The Labute approximate surface area is 193 Å². The van der Waals surface area contributed by atoms with E-state index in [4.69, 9.17) is 4.98 Å². The average Bonchev–Trinajstić information content (AvgIpc) is 3.52. The Bertz CT molecular complexity index is 1200. The first-order valence-corrected chi connectivity index (χ1v) is 12.4. The van der Waals surface area contributed by atoms with E-state index in [1.54, 1.807) is 22.7 Å². The summed E-state index contributed by atoms with van der Waals surface area (Å²) in [7, 11) is 0. The van der Waals surface area contributed by atoms with E-state index in [9.17, 15) is 10.1 Å². The fraction of sp³-hybridized carbons (Fsp3) is 0.125. The van der Waals surface area contributed by atoms with Gasteiger partial charge in [0.15, 0.2) is 0 Å². The second-order valence-corrected chi connectivity index (χ2v) is 9.65. The lowest BCUT2D eigenvalue weighted by Gasteiger charge is -2.15. The van der Waals surface area contributed by atoms with Gasteiger partial charge in [-0.15, -0.1) is 22.7 Å². The highest BCUT2D eigenvalue weighted by atomic mass is 32.2. The van der Waals surface area contributed by atoms with Crippen LogP contribution in [0.4, 0.5) is 0 Å². The first-order valence-electron chi connectivity index (χ1n) is 9.65. The number of hydrogen-bond acceptors (Lipinski definition) is 6. The second-order valence-electron chi connectivity index (χ2n) is 6.79. The second kappa shape index (κ2) is 9.92. The predicted octanol–water partition coefficient (Wildman–Crippen LogP) is 6.38. The number of nitrogens with zero attached hydrogens (tertiary/aromatic N) is 2. The van der Waals surface area contributed by atoms with Gasteiger partial charge in [-0.25, -0.2) is 4.98 Å². The van der Waals surface area contributed by atoms with Crippen LogP contribution in [0.2, 0.25) is 0 Å². The molecule has 0 aliphatic heterocycles. The van der Waals surface area contributed by atoms with Gasteiger partial charge in [-0.3, -0.25) is 4.79 Å². The number of hydrogen-bond donors (Lipinski definition) is 1. The molecule has 1 amide bonds. The molecule has 1 aromatic carbocycles. The maximum atomic E-state index is 12.6. The van der Waals surface area contributed by atoms with Crippen molar-refractivity contribution in [2.24, 2.45) is 0 Å². The molecule has 4 nitrogen and oxygen atoms in total. The summed E-state index contributed by atoms with van der Waals surface area (Å²) in [4.78, 5) is 19.4. The van der Waals surface area contributed by atoms with E-state index >= 15 is 0 Å². The van der Waals surface area contributed by atoms with E-state index in [0.29, 0.717) is 10.6 Å². The third-order valence-electron chi connectivity index (χ3n) is 4.68. The number of benzene rings is 1. The van der Waals surface area contributed by atoms with E-state index < -0.39 is 0 Å². The molecule has 4 rings (SSSR count). The number of rotatable bonds is 7. The average molecular weight is 462 g/mol. The summed E-state index contributed by atoms with van der Waals surface area (Å²) in [5, 5.41) is 17.5. The third-order valence-corrected chi connectivity index (χ3v) is 7.45. The summed E-state index contributed by atoms with van der Waals surface area (Å²) < 4.78 is 0. The maximum absolute atomic E-state index is 12.6. The van der Waals surface area contributed by atoms with Crippen LogP contribution in [0.3, 0.4) is 0 Å². The number of carbonyl (C=O) groups is 1. The van der Waals surface area contributed by atoms with Crippen molar-refractivity contribution in [3.8, 4) is 27.1 Å².